The van der Waals surface area contributed by atoms with E-state index in [4.69, 9.17) is 14.5 Å². The molecule has 0 spiro atoms. The van der Waals surface area contributed by atoms with Crippen molar-refractivity contribution in [2.24, 2.45) is 0 Å². The van der Waals surface area contributed by atoms with Crippen LogP contribution in [-0.4, -0.2) is 48.7 Å². The van der Waals surface area contributed by atoms with Crippen LogP contribution < -0.4 is 19.3 Å². The second-order valence-electron chi connectivity index (χ2n) is 7.31. The van der Waals surface area contributed by atoms with Crippen molar-refractivity contribution in [1.82, 2.24) is 15.0 Å². The molecular formula is C23H25N5O3. The fourth-order valence-electron chi connectivity index (χ4n) is 3.64. The number of amides is 1. The number of hydrogen-bond donors (Lipinski definition) is 0. The number of carbonyl (C=O) groups excluding carboxylic acids is 1. The Hall–Kier alpha value is -3.68. The van der Waals surface area contributed by atoms with Crippen LogP contribution in [-0.2, 0) is 6.54 Å². The Labute approximate surface area is 181 Å². The molecule has 31 heavy (non-hydrogen) atoms. The molecule has 0 N–H and O–H groups in total. The second-order valence-corrected chi connectivity index (χ2v) is 7.31. The van der Waals surface area contributed by atoms with Gasteiger partial charge in [-0.25, -0.2) is 9.97 Å². The van der Waals surface area contributed by atoms with Crippen molar-refractivity contribution < 1.29 is 14.3 Å². The minimum absolute atomic E-state index is 0.0732. The first-order valence-corrected chi connectivity index (χ1v) is 10.1. The van der Waals surface area contributed by atoms with Gasteiger partial charge in [0.25, 0.3) is 11.8 Å². The lowest BCUT2D eigenvalue weighted by Gasteiger charge is -2.19. The Morgan fingerprint density at radius 1 is 1.10 bits per heavy atom. The van der Waals surface area contributed by atoms with Gasteiger partial charge in [-0.15, -0.1) is 0 Å². The van der Waals surface area contributed by atoms with E-state index >= 15 is 0 Å². The monoisotopic (exact) mass is 419 g/mol. The summed E-state index contributed by atoms with van der Waals surface area (Å²) in [6.07, 6.45) is 4.47. The molecule has 160 valence electrons. The number of aromatic nitrogens is 3. The lowest BCUT2D eigenvalue weighted by atomic mass is 10.1. The van der Waals surface area contributed by atoms with Gasteiger partial charge in [0.2, 0.25) is 0 Å². The molecule has 0 radical (unpaired) electrons. The van der Waals surface area contributed by atoms with Gasteiger partial charge in [0, 0.05) is 25.4 Å². The zero-order valence-corrected chi connectivity index (χ0v) is 18.1. The molecule has 1 aliphatic heterocycles. The summed E-state index contributed by atoms with van der Waals surface area (Å²) in [5.41, 5.74) is 3.59. The Bertz CT molecular complexity index is 1100. The normalized spacial score (nSPS) is 12.6. The van der Waals surface area contributed by atoms with Crippen molar-refractivity contribution in [2.75, 3.05) is 37.6 Å². The summed E-state index contributed by atoms with van der Waals surface area (Å²) in [6, 6.07) is 9.33. The van der Waals surface area contributed by atoms with Gasteiger partial charge in [0.1, 0.15) is 5.82 Å². The molecule has 0 saturated heterocycles. The van der Waals surface area contributed by atoms with Crippen LogP contribution in [0.5, 0.6) is 11.6 Å². The van der Waals surface area contributed by atoms with E-state index in [1.165, 1.54) is 0 Å². The van der Waals surface area contributed by atoms with Crippen molar-refractivity contribution in [3.05, 3.63) is 54.0 Å². The van der Waals surface area contributed by atoms with Crippen LogP contribution in [0.2, 0.25) is 0 Å². The predicted molar refractivity (Wildman–Crippen MR) is 119 cm³/mol. The van der Waals surface area contributed by atoms with Crippen LogP contribution in [0.1, 0.15) is 29.4 Å². The van der Waals surface area contributed by atoms with E-state index in [0.717, 1.165) is 41.4 Å². The van der Waals surface area contributed by atoms with E-state index in [1.54, 1.807) is 31.5 Å². The van der Waals surface area contributed by atoms with Gasteiger partial charge in [-0.2, -0.15) is 0 Å². The minimum Gasteiger partial charge on any atom is -0.491 e. The maximum Gasteiger partial charge on any atom is 0.260 e. The molecule has 8 heteroatoms. The van der Waals surface area contributed by atoms with E-state index in [2.05, 4.69) is 21.8 Å². The van der Waals surface area contributed by atoms with Crippen LogP contribution in [0, 0.1) is 0 Å². The lowest BCUT2D eigenvalue weighted by molar-refractivity contribution is 0.0996. The minimum atomic E-state index is -0.0732. The number of methoxy groups -OCH3 is 2. The van der Waals surface area contributed by atoms with Gasteiger partial charge in [-0.1, -0.05) is 6.92 Å². The molecule has 0 unspecified atom stereocenters. The first-order valence-electron chi connectivity index (χ1n) is 10.1. The Morgan fingerprint density at radius 3 is 2.61 bits per heavy atom. The van der Waals surface area contributed by atoms with Crippen molar-refractivity contribution >= 4 is 17.4 Å². The summed E-state index contributed by atoms with van der Waals surface area (Å²) < 4.78 is 10.5. The summed E-state index contributed by atoms with van der Waals surface area (Å²) in [7, 11) is 5.12. The molecule has 4 rings (SSSR count). The van der Waals surface area contributed by atoms with E-state index in [9.17, 15) is 4.79 Å². The third kappa shape index (κ3) is 3.88. The zero-order valence-electron chi connectivity index (χ0n) is 18.1. The van der Waals surface area contributed by atoms with Crippen LogP contribution in [0.25, 0.3) is 11.3 Å². The molecule has 0 saturated carbocycles. The zero-order chi connectivity index (χ0) is 22.0. The summed E-state index contributed by atoms with van der Waals surface area (Å²) in [5.74, 6) is 1.75. The van der Waals surface area contributed by atoms with Crippen molar-refractivity contribution in [1.29, 1.82) is 0 Å². The van der Waals surface area contributed by atoms with E-state index in [-0.39, 0.29) is 5.91 Å². The molecule has 1 amide bonds. The van der Waals surface area contributed by atoms with E-state index in [1.807, 2.05) is 37.4 Å². The smallest absolute Gasteiger partial charge is 0.260 e. The maximum absolute atomic E-state index is 12.9. The van der Waals surface area contributed by atoms with E-state index in [0.29, 0.717) is 23.7 Å². The second kappa shape index (κ2) is 8.59. The fraction of sp³-hybridized carbons (Fsp3) is 0.304. The first-order chi connectivity index (χ1) is 15.0. The van der Waals surface area contributed by atoms with Crippen molar-refractivity contribution in [3.63, 3.8) is 0 Å². The molecule has 0 fully saturated rings. The third-order valence-corrected chi connectivity index (χ3v) is 5.28. The molecule has 3 aromatic heterocycles. The molecule has 3 aromatic rings. The van der Waals surface area contributed by atoms with Gasteiger partial charge in [0.15, 0.2) is 5.75 Å². The standard InChI is InChI=1S/C23H25N5O3/c1-5-10-27(2)21-9-6-16(13-24-21)28-14-19-17(23(28)29)7-8-18(26-19)15-11-20(30-3)22(31-4)25-12-15/h6-9,11-13H,5,10,14H2,1-4H3. The highest BCUT2D eigenvalue weighted by Crippen LogP contribution is 2.32. The summed E-state index contributed by atoms with van der Waals surface area (Å²) in [6.45, 7) is 3.46. The molecule has 1 aliphatic rings. The van der Waals surface area contributed by atoms with Gasteiger partial charge < -0.3 is 19.3 Å². The number of nitrogens with zero attached hydrogens (tertiary/aromatic N) is 5. The molecule has 4 heterocycles. The number of hydrogen-bond acceptors (Lipinski definition) is 7. The molecule has 0 atom stereocenters. The van der Waals surface area contributed by atoms with Crippen LogP contribution in [0.4, 0.5) is 11.5 Å². The highest BCUT2D eigenvalue weighted by Gasteiger charge is 2.30. The Morgan fingerprint density at radius 2 is 1.94 bits per heavy atom. The molecule has 8 nitrogen and oxygen atoms in total. The van der Waals surface area contributed by atoms with Gasteiger partial charge in [-0.05, 0) is 36.8 Å². The van der Waals surface area contributed by atoms with Crippen LogP contribution in [0.3, 0.4) is 0 Å². The number of anilines is 2. The first kappa shape index (κ1) is 20.6. The molecule has 0 aliphatic carbocycles. The summed E-state index contributed by atoms with van der Waals surface area (Å²) in [5, 5.41) is 0. The number of fused-ring (bicyclic) bond motifs is 1. The average Bonchev–Trinajstić information content (AvgIpc) is 3.14. The van der Waals surface area contributed by atoms with Gasteiger partial charge >= 0.3 is 0 Å². The molecule has 0 aromatic carbocycles. The van der Waals surface area contributed by atoms with Crippen LogP contribution >= 0.6 is 0 Å². The van der Waals surface area contributed by atoms with Crippen LogP contribution in [0.15, 0.2) is 42.7 Å². The highest BCUT2D eigenvalue weighted by atomic mass is 16.5. The fourth-order valence-corrected chi connectivity index (χ4v) is 3.64. The topological polar surface area (TPSA) is 80.7 Å². The molecule has 0 bridgehead atoms. The van der Waals surface area contributed by atoms with Gasteiger partial charge in [-0.3, -0.25) is 9.78 Å². The lowest BCUT2D eigenvalue weighted by Crippen LogP contribution is -2.24. The number of rotatable bonds is 7. The summed E-state index contributed by atoms with van der Waals surface area (Å²) in [4.78, 5) is 30.3. The largest absolute Gasteiger partial charge is 0.491 e. The molecular weight excluding hydrogens is 394 g/mol. The highest BCUT2D eigenvalue weighted by molar-refractivity contribution is 6.09. The summed E-state index contributed by atoms with van der Waals surface area (Å²) >= 11 is 0. The van der Waals surface area contributed by atoms with Crippen molar-refractivity contribution in [2.45, 2.75) is 19.9 Å². The van der Waals surface area contributed by atoms with Gasteiger partial charge in [0.05, 0.1) is 49.6 Å². The number of carbonyl (C=O) groups is 1. The SMILES string of the molecule is CCCN(C)c1ccc(N2Cc3nc(-c4cnc(OC)c(OC)c4)ccc3C2=O)cn1. The predicted octanol–water partition coefficient (Wildman–Crippen LogP) is 3.56. The third-order valence-electron chi connectivity index (χ3n) is 5.28. The van der Waals surface area contributed by atoms with Crippen molar-refractivity contribution in [3.8, 4) is 22.9 Å². The van der Waals surface area contributed by atoms with E-state index < -0.39 is 0 Å². The maximum atomic E-state index is 12.9. The average molecular weight is 419 g/mol. The number of pyridine rings is 3. The number of ether oxygens (including phenoxy) is 2. The quantitative estimate of drug-likeness (QED) is 0.579. The Kier molecular flexibility index (Phi) is 5.70. The Balaban J connectivity index is 1.59.